The molecule has 0 heteroatoms. The van der Waals surface area contributed by atoms with E-state index in [1.807, 2.05) is 0 Å². The Hall–Kier alpha value is -5.46. The largest absolute Gasteiger partial charge is 0.0616 e. The highest BCUT2D eigenvalue weighted by Gasteiger charge is 2.23. The molecule has 0 N–H and O–H groups in total. The fourth-order valence-corrected chi connectivity index (χ4v) is 8.74. The van der Waals surface area contributed by atoms with Gasteiger partial charge in [0.1, 0.15) is 0 Å². The predicted molar refractivity (Wildman–Crippen MR) is 211 cm³/mol. The van der Waals surface area contributed by atoms with Crippen LogP contribution < -0.4 is 0 Å². The minimum atomic E-state index is 0.436. The summed E-state index contributed by atoms with van der Waals surface area (Å²) in [6.45, 7) is 9.20. The van der Waals surface area contributed by atoms with Gasteiger partial charge >= 0.3 is 0 Å². The van der Waals surface area contributed by atoms with Crippen molar-refractivity contribution in [3.05, 3.63) is 145 Å². The van der Waals surface area contributed by atoms with E-state index in [2.05, 4.69) is 161 Å². The van der Waals surface area contributed by atoms with Crippen molar-refractivity contribution in [2.45, 2.75) is 39.5 Å². The smallest absolute Gasteiger partial charge is 0.000741 e. The lowest BCUT2D eigenvalue weighted by atomic mass is 9.79. The Labute approximate surface area is 280 Å². The maximum Gasteiger partial charge on any atom is -0.000741 e. The Morgan fingerprint density at radius 1 is 0.292 bits per heavy atom. The molecular formula is C48H36. The lowest BCUT2D eigenvalue weighted by Gasteiger charge is -2.23. The van der Waals surface area contributed by atoms with Crippen LogP contribution in [0.2, 0.25) is 0 Å². The summed E-state index contributed by atoms with van der Waals surface area (Å²) in [5.74, 6) is 0.908. The molecule has 0 bridgehead atoms. The van der Waals surface area contributed by atoms with Crippen LogP contribution in [-0.4, -0.2) is 0 Å². The number of fused-ring (bicyclic) bond motifs is 8. The van der Waals surface area contributed by atoms with Crippen molar-refractivity contribution in [2.75, 3.05) is 0 Å². The van der Waals surface area contributed by atoms with Crippen LogP contribution in [0.5, 0.6) is 0 Å². The Bertz CT molecular complexity index is 2940. The second-order valence-electron chi connectivity index (χ2n) is 14.4. The number of rotatable bonds is 3. The molecule has 0 aliphatic rings. The van der Waals surface area contributed by atoms with Crippen LogP contribution in [0.15, 0.2) is 133 Å². The third-order valence-electron chi connectivity index (χ3n) is 11.0. The number of hydrogen-bond donors (Lipinski definition) is 0. The Kier molecular flexibility index (Phi) is 5.77. The zero-order valence-corrected chi connectivity index (χ0v) is 27.9. The molecule has 0 radical (unpaired) electrons. The third-order valence-corrected chi connectivity index (χ3v) is 11.0. The first-order valence-corrected chi connectivity index (χ1v) is 17.4. The quantitative estimate of drug-likeness (QED) is 0.138. The molecule has 10 rings (SSSR count). The van der Waals surface area contributed by atoms with E-state index in [1.54, 1.807) is 0 Å². The average Bonchev–Trinajstić information content (AvgIpc) is 3.11. The van der Waals surface area contributed by atoms with E-state index >= 15 is 0 Å². The molecular weight excluding hydrogens is 577 g/mol. The molecule has 0 atom stereocenters. The first kappa shape index (κ1) is 27.6. The van der Waals surface area contributed by atoms with Crippen LogP contribution in [0.25, 0.3) is 97.3 Å². The van der Waals surface area contributed by atoms with Crippen LogP contribution in [0.4, 0.5) is 0 Å². The van der Waals surface area contributed by atoms with E-state index in [0.29, 0.717) is 11.8 Å². The Morgan fingerprint density at radius 2 is 0.812 bits per heavy atom. The van der Waals surface area contributed by atoms with Gasteiger partial charge in [0.15, 0.2) is 0 Å². The maximum absolute atomic E-state index is 2.48. The average molecular weight is 613 g/mol. The molecule has 0 fully saturated rings. The van der Waals surface area contributed by atoms with Crippen molar-refractivity contribution < 1.29 is 0 Å². The van der Waals surface area contributed by atoms with Gasteiger partial charge in [0.2, 0.25) is 0 Å². The monoisotopic (exact) mass is 612 g/mol. The zero-order valence-electron chi connectivity index (χ0n) is 27.9. The third kappa shape index (κ3) is 3.72. The maximum atomic E-state index is 2.48. The molecule has 0 aromatic heterocycles. The highest BCUT2D eigenvalue weighted by atomic mass is 14.3. The van der Waals surface area contributed by atoms with Gasteiger partial charge in [-0.05, 0) is 132 Å². The fourth-order valence-electron chi connectivity index (χ4n) is 8.74. The lowest BCUT2D eigenvalue weighted by molar-refractivity contribution is 0.869. The van der Waals surface area contributed by atoms with E-state index in [1.165, 1.54) is 108 Å². The highest BCUT2D eigenvalue weighted by molar-refractivity contribution is 6.44. The molecule has 0 saturated carbocycles. The molecule has 0 aliphatic carbocycles. The normalized spacial score (nSPS) is 12.5. The van der Waals surface area contributed by atoms with Gasteiger partial charge in [-0.3, -0.25) is 0 Å². The van der Waals surface area contributed by atoms with Crippen LogP contribution in [0.1, 0.15) is 50.7 Å². The Balaban J connectivity index is 1.52. The topological polar surface area (TPSA) is 0 Å². The Morgan fingerprint density at radius 3 is 1.58 bits per heavy atom. The number of benzene rings is 10. The second kappa shape index (κ2) is 10.0. The zero-order chi connectivity index (χ0) is 32.3. The SMILES string of the molecule is CC(C)c1ccc2c(-c3c4ccccc4c4c5c3cccc5c3cc(C(C)C)cc5cc6ccccc6c4c53)c3ccccc3cc2c1. The first-order chi connectivity index (χ1) is 23.5. The van der Waals surface area contributed by atoms with Crippen LogP contribution in [0, 0.1) is 0 Å². The summed E-state index contributed by atoms with van der Waals surface area (Å²) in [4.78, 5) is 0. The van der Waals surface area contributed by atoms with Gasteiger partial charge in [0.05, 0.1) is 0 Å². The molecule has 0 heterocycles. The second-order valence-corrected chi connectivity index (χ2v) is 14.4. The summed E-state index contributed by atoms with van der Waals surface area (Å²) >= 11 is 0. The standard InChI is InChI=1S/C48H36/c1-27(2)29-20-21-37-33(22-29)23-30-12-5-7-14-35(30)44(37)45-38-16-9-10-17-39(38)48-46-40(18-11-19-41(45)46)42-26-32(28(3)4)25-34-24-31-13-6-8-15-36(31)47(48)43(34)42/h5-28H,1-4H3. The molecule has 0 aliphatic heterocycles. The minimum Gasteiger partial charge on any atom is -0.0616 e. The lowest BCUT2D eigenvalue weighted by Crippen LogP contribution is -1.96. The van der Waals surface area contributed by atoms with Gasteiger partial charge in [-0.2, -0.15) is 0 Å². The van der Waals surface area contributed by atoms with Gasteiger partial charge in [0.25, 0.3) is 0 Å². The first-order valence-electron chi connectivity index (χ1n) is 17.4. The van der Waals surface area contributed by atoms with Crippen molar-refractivity contribution >= 4 is 86.2 Å². The highest BCUT2D eigenvalue weighted by Crippen LogP contribution is 2.52. The van der Waals surface area contributed by atoms with Gasteiger partial charge < -0.3 is 0 Å². The molecule has 48 heavy (non-hydrogen) atoms. The van der Waals surface area contributed by atoms with Gasteiger partial charge in [0, 0.05) is 0 Å². The van der Waals surface area contributed by atoms with E-state index in [4.69, 9.17) is 0 Å². The summed E-state index contributed by atoms with van der Waals surface area (Å²) < 4.78 is 0. The molecule has 0 amide bonds. The summed E-state index contributed by atoms with van der Waals surface area (Å²) in [5, 5.41) is 21.3. The van der Waals surface area contributed by atoms with E-state index in [-0.39, 0.29) is 0 Å². The molecule has 10 aromatic rings. The summed E-state index contributed by atoms with van der Waals surface area (Å²) in [7, 11) is 0. The fraction of sp³-hybridized carbons (Fsp3) is 0.125. The van der Waals surface area contributed by atoms with Crippen molar-refractivity contribution in [3.63, 3.8) is 0 Å². The van der Waals surface area contributed by atoms with Crippen molar-refractivity contribution in [3.8, 4) is 11.1 Å². The minimum absolute atomic E-state index is 0.436. The van der Waals surface area contributed by atoms with E-state index in [9.17, 15) is 0 Å². The number of hydrogen-bond acceptors (Lipinski definition) is 0. The van der Waals surface area contributed by atoms with Crippen LogP contribution >= 0.6 is 0 Å². The predicted octanol–water partition coefficient (Wildman–Crippen LogP) is 14.3. The van der Waals surface area contributed by atoms with Crippen molar-refractivity contribution in [1.29, 1.82) is 0 Å². The molecule has 0 saturated heterocycles. The van der Waals surface area contributed by atoms with Crippen LogP contribution in [0.3, 0.4) is 0 Å². The summed E-state index contributed by atoms with van der Waals surface area (Å²) in [6.07, 6.45) is 0. The van der Waals surface area contributed by atoms with Gasteiger partial charge in [-0.25, -0.2) is 0 Å². The van der Waals surface area contributed by atoms with Crippen molar-refractivity contribution in [2.24, 2.45) is 0 Å². The molecule has 0 spiro atoms. The molecule has 10 aromatic carbocycles. The summed E-state index contributed by atoms with van der Waals surface area (Å²) in [5.41, 5.74) is 5.44. The van der Waals surface area contributed by atoms with E-state index < -0.39 is 0 Å². The molecule has 0 nitrogen and oxygen atoms in total. The van der Waals surface area contributed by atoms with Gasteiger partial charge in [-0.1, -0.05) is 149 Å². The molecule has 228 valence electrons. The molecule has 0 unspecified atom stereocenters. The van der Waals surface area contributed by atoms with Gasteiger partial charge in [-0.15, -0.1) is 0 Å². The van der Waals surface area contributed by atoms with Crippen LogP contribution in [-0.2, 0) is 0 Å². The summed E-state index contributed by atoms with van der Waals surface area (Å²) in [6, 6.07) is 51.1. The van der Waals surface area contributed by atoms with E-state index in [0.717, 1.165) is 0 Å². The van der Waals surface area contributed by atoms with Crippen molar-refractivity contribution in [1.82, 2.24) is 0 Å².